The standard InChI is InChI=1S/C13H14BrF3N2O2/c14-10-5-9(12(20)21)6-11(7-10)19-3-1-18(2-4-19)8-13(15,16)17/h5-7H,1-4,8H2,(H,20,21). The fraction of sp³-hybridized carbons (Fsp3) is 0.462. The van der Waals surface area contributed by atoms with Crippen LogP contribution in [0.5, 0.6) is 0 Å². The molecule has 0 spiro atoms. The van der Waals surface area contributed by atoms with Crippen molar-refractivity contribution in [3.05, 3.63) is 28.2 Å². The first kappa shape index (κ1) is 16.1. The summed E-state index contributed by atoms with van der Waals surface area (Å²) < 4.78 is 37.6. The van der Waals surface area contributed by atoms with Crippen LogP contribution in [-0.4, -0.2) is 54.9 Å². The zero-order valence-corrected chi connectivity index (χ0v) is 12.6. The molecule has 8 heteroatoms. The Morgan fingerprint density at radius 2 is 1.81 bits per heavy atom. The molecule has 1 aliphatic rings. The predicted molar refractivity (Wildman–Crippen MR) is 75.8 cm³/mol. The molecule has 0 saturated carbocycles. The fourth-order valence-electron chi connectivity index (χ4n) is 2.30. The molecule has 0 radical (unpaired) electrons. The maximum Gasteiger partial charge on any atom is 0.401 e. The minimum Gasteiger partial charge on any atom is -0.478 e. The number of piperazine rings is 1. The second kappa shape index (κ2) is 6.23. The number of nitrogens with zero attached hydrogens (tertiary/aromatic N) is 2. The molecule has 0 amide bonds. The molecular formula is C13H14BrF3N2O2. The number of carbonyl (C=O) groups is 1. The van der Waals surface area contributed by atoms with Gasteiger partial charge in [-0.25, -0.2) is 4.79 Å². The molecule has 0 unspecified atom stereocenters. The Bertz CT molecular complexity index is 529. The fourth-order valence-corrected chi connectivity index (χ4v) is 2.78. The topological polar surface area (TPSA) is 43.8 Å². The molecule has 1 aliphatic heterocycles. The van der Waals surface area contributed by atoms with Crippen LogP contribution < -0.4 is 4.90 Å². The van der Waals surface area contributed by atoms with Crippen molar-refractivity contribution in [2.75, 3.05) is 37.6 Å². The normalized spacial score (nSPS) is 17.0. The van der Waals surface area contributed by atoms with Crippen LogP contribution in [0.4, 0.5) is 18.9 Å². The van der Waals surface area contributed by atoms with E-state index in [0.29, 0.717) is 36.3 Å². The number of halogens is 4. The molecule has 21 heavy (non-hydrogen) atoms. The van der Waals surface area contributed by atoms with Gasteiger partial charge in [-0.1, -0.05) is 15.9 Å². The Morgan fingerprint density at radius 3 is 2.33 bits per heavy atom. The quantitative estimate of drug-likeness (QED) is 0.893. The predicted octanol–water partition coefficient (Wildman–Crippen LogP) is 2.83. The van der Waals surface area contributed by atoms with E-state index in [0.717, 1.165) is 0 Å². The molecule has 1 N–H and O–H groups in total. The van der Waals surface area contributed by atoms with Gasteiger partial charge in [-0.15, -0.1) is 0 Å². The van der Waals surface area contributed by atoms with Crippen LogP contribution in [0.1, 0.15) is 10.4 Å². The molecule has 1 fully saturated rings. The molecule has 0 aliphatic carbocycles. The van der Waals surface area contributed by atoms with E-state index in [2.05, 4.69) is 15.9 Å². The van der Waals surface area contributed by atoms with E-state index in [1.54, 1.807) is 6.07 Å². The third kappa shape index (κ3) is 4.60. The minimum absolute atomic E-state index is 0.150. The van der Waals surface area contributed by atoms with Crippen LogP contribution in [0.3, 0.4) is 0 Å². The number of alkyl halides is 3. The summed E-state index contributed by atoms with van der Waals surface area (Å²) in [5, 5.41) is 9.03. The lowest BCUT2D eigenvalue weighted by Crippen LogP contribution is -2.49. The van der Waals surface area contributed by atoms with Gasteiger partial charge < -0.3 is 10.0 Å². The van der Waals surface area contributed by atoms with E-state index in [9.17, 15) is 18.0 Å². The average molecular weight is 367 g/mol. The van der Waals surface area contributed by atoms with Gasteiger partial charge >= 0.3 is 12.1 Å². The summed E-state index contributed by atoms with van der Waals surface area (Å²) in [7, 11) is 0. The molecular weight excluding hydrogens is 353 g/mol. The van der Waals surface area contributed by atoms with Gasteiger partial charge in [0.1, 0.15) is 0 Å². The van der Waals surface area contributed by atoms with Crippen LogP contribution in [0.25, 0.3) is 0 Å². The summed E-state index contributed by atoms with van der Waals surface area (Å²) in [5.74, 6) is -1.03. The van der Waals surface area contributed by atoms with Crippen LogP contribution in [0.15, 0.2) is 22.7 Å². The third-order valence-corrected chi connectivity index (χ3v) is 3.73. The van der Waals surface area contributed by atoms with E-state index in [4.69, 9.17) is 5.11 Å². The van der Waals surface area contributed by atoms with Gasteiger partial charge in [0.15, 0.2) is 0 Å². The number of benzene rings is 1. The Balaban J connectivity index is 2.04. The maximum absolute atomic E-state index is 12.3. The van der Waals surface area contributed by atoms with Gasteiger partial charge in [0.05, 0.1) is 12.1 Å². The van der Waals surface area contributed by atoms with Crippen molar-refractivity contribution in [2.45, 2.75) is 6.18 Å². The molecule has 1 heterocycles. The second-order valence-electron chi connectivity index (χ2n) is 4.88. The van der Waals surface area contributed by atoms with Crippen molar-refractivity contribution in [2.24, 2.45) is 0 Å². The van der Waals surface area contributed by atoms with Crippen molar-refractivity contribution in [3.8, 4) is 0 Å². The summed E-state index contributed by atoms with van der Waals surface area (Å²) >= 11 is 3.25. The van der Waals surface area contributed by atoms with Gasteiger partial charge in [0.2, 0.25) is 0 Å². The lowest BCUT2D eigenvalue weighted by Gasteiger charge is -2.36. The molecule has 2 rings (SSSR count). The zero-order valence-electron chi connectivity index (χ0n) is 11.0. The van der Waals surface area contributed by atoms with Crippen molar-refractivity contribution >= 4 is 27.6 Å². The van der Waals surface area contributed by atoms with Crippen LogP contribution in [0, 0.1) is 0 Å². The van der Waals surface area contributed by atoms with Gasteiger partial charge in [0, 0.05) is 36.3 Å². The molecule has 0 aromatic heterocycles. The monoisotopic (exact) mass is 366 g/mol. The Kier molecular flexibility index (Phi) is 4.77. The number of anilines is 1. The first-order valence-corrected chi connectivity index (χ1v) is 7.12. The SMILES string of the molecule is O=C(O)c1cc(Br)cc(N2CCN(CC(F)(F)F)CC2)c1. The number of aromatic carboxylic acids is 1. The average Bonchev–Trinajstić information content (AvgIpc) is 2.37. The Labute approximate surface area is 128 Å². The largest absolute Gasteiger partial charge is 0.478 e. The smallest absolute Gasteiger partial charge is 0.401 e. The van der Waals surface area contributed by atoms with E-state index in [1.165, 1.54) is 17.0 Å². The van der Waals surface area contributed by atoms with Crippen LogP contribution in [0.2, 0.25) is 0 Å². The van der Waals surface area contributed by atoms with E-state index >= 15 is 0 Å². The highest BCUT2D eigenvalue weighted by atomic mass is 79.9. The number of carboxylic acid groups (broad SMARTS) is 1. The summed E-state index contributed by atoms with van der Waals surface area (Å²) in [4.78, 5) is 14.3. The molecule has 1 aromatic rings. The number of rotatable bonds is 3. The molecule has 1 saturated heterocycles. The molecule has 0 bridgehead atoms. The molecule has 116 valence electrons. The van der Waals surface area contributed by atoms with Crippen molar-refractivity contribution < 1.29 is 23.1 Å². The molecule has 4 nitrogen and oxygen atoms in total. The summed E-state index contributed by atoms with van der Waals surface area (Å²) in [6.45, 7) is 0.569. The Hall–Kier alpha value is -1.28. The van der Waals surface area contributed by atoms with Gasteiger partial charge in [0.25, 0.3) is 0 Å². The summed E-state index contributed by atoms with van der Waals surface area (Å²) in [5.41, 5.74) is 0.852. The first-order chi connectivity index (χ1) is 9.74. The van der Waals surface area contributed by atoms with Gasteiger partial charge in [-0.2, -0.15) is 13.2 Å². The zero-order chi connectivity index (χ0) is 15.6. The van der Waals surface area contributed by atoms with Crippen molar-refractivity contribution in [1.29, 1.82) is 0 Å². The third-order valence-electron chi connectivity index (χ3n) is 3.27. The summed E-state index contributed by atoms with van der Waals surface area (Å²) in [6, 6.07) is 4.80. The van der Waals surface area contributed by atoms with Crippen molar-refractivity contribution in [1.82, 2.24) is 4.90 Å². The number of hydrogen-bond acceptors (Lipinski definition) is 3. The van der Waals surface area contributed by atoms with Crippen LogP contribution >= 0.6 is 15.9 Å². The highest BCUT2D eigenvalue weighted by Gasteiger charge is 2.32. The lowest BCUT2D eigenvalue weighted by atomic mass is 10.1. The van der Waals surface area contributed by atoms with Crippen LogP contribution in [-0.2, 0) is 0 Å². The molecule has 0 atom stereocenters. The molecule has 1 aromatic carbocycles. The number of hydrogen-bond donors (Lipinski definition) is 1. The number of carboxylic acids is 1. The maximum atomic E-state index is 12.3. The highest BCUT2D eigenvalue weighted by molar-refractivity contribution is 9.10. The van der Waals surface area contributed by atoms with E-state index < -0.39 is 18.7 Å². The second-order valence-corrected chi connectivity index (χ2v) is 5.80. The van der Waals surface area contributed by atoms with Gasteiger partial charge in [-0.3, -0.25) is 4.90 Å². The Morgan fingerprint density at radius 1 is 1.19 bits per heavy atom. The minimum atomic E-state index is -4.19. The lowest BCUT2D eigenvalue weighted by molar-refractivity contribution is -0.146. The summed E-state index contributed by atoms with van der Waals surface area (Å²) in [6.07, 6.45) is -4.19. The van der Waals surface area contributed by atoms with E-state index in [-0.39, 0.29) is 5.56 Å². The first-order valence-electron chi connectivity index (χ1n) is 6.32. The van der Waals surface area contributed by atoms with Gasteiger partial charge in [-0.05, 0) is 18.2 Å². The van der Waals surface area contributed by atoms with Crippen molar-refractivity contribution in [3.63, 3.8) is 0 Å². The van der Waals surface area contributed by atoms with E-state index in [1.807, 2.05) is 4.90 Å². The highest BCUT2D eigenvalue weighted by Crippen LogP contribution is 2.25.